The summed E-state index contributed by atoms with van der Waals surface area (Å²) < 4.78 is 5.92. The van der Waals surface area contributed by atoms with Gasteiger partial charge in [0.15, 0.2) is 0 Å². The second-order valence-electron chi connectivity index (χ2n) is 10.5. The smallest absolute Gasteiger partial charge is 0.262 e. The van der Waals surface area contributed by atoms with Gasteiger partial charge in [-0.25, -0.2) is 4.98 Å². The van der Waals surface area contributed by atoms with E-state index in [9.17, 15) is 4.79 Å². The number of likely N-dealkylation sites (tertiary alicyclic amines) is 1. The van der Waals surface area contributed by atoms with Gasteiger partial charge in [0.2, 0.25) is 5.95 Å². The van der Waals surface area contributed by atoms with Crippen LogP contribution in [0.2, 0.25) is 0 Å². The number of hydrogen-bond donors (Lipinski definition) is 3. The van der Waals surface area contributed by atoms with Gasteiger partial charge in [0.25, 0.3) is 5.91 Å². The Hall–Kier alpha value is -3.43. The molecule has 9 heteroatoms. The van der Waals surface area contributed by atoms with Gasteiger partial charge in [-0.1, -0.05) is 0 Å². The molecule has 194 valence electrons. The predicted octanol–water partition coefficient (Wildman–Crippen LogP) is 5.74. The zero-order valence-electron chi connectivity index (χ0n) is 21.9. The van der Waals surface area contributed by atoms with Crippen LogP contribution in [0.3, 0.4) is 0 Å². The number of anilines is 2. The Morgan fingerprint density at radius 3 is 2.62 bits per heavy atom. The fourth-order valence-corrected chi connectivity index (χ4v) is 5.54. The van der Waals surface area contributed by atoms with Gasteiger partial charge in [0, 0.05) is 29.4 Å². The number of thiophene rings is 1. The minimum Gasteiger partial charge on any atom is -0.492 e. The molecular formula is C28H34N6O2S. The lowest BCUT2D eigenvalue weighted by atomic mass is 10.1. The van der Waals surface area contributed by atoms with Crippen molar-refractivity contribution < 1.29 is 9.53 Å². The maximum atomic E-state index is 12.8. The van der Waals surface area contributed by atoms with Crippen LogP contribution in [0.15, 0.2) is 42.6 Å². The first-order valence-corrected chi connectivity index (χ1v) is 13.6. The number of amides is 1. The number of nitrogens with one attached hydrogen (secondary N) is 3. The number of hydrogen-bond acceptors (Lipinski definition) is 7. The van der Waals surface area contributed by atoms with E-state index in [1.54, 1.807) is 0 Å². The highest BCUT2D eigenvalue weighted by Gasteiger charge is 2.21. The number of fused-ring (bicyclic) bond motifs is 1. The third-order valence-corrected chi connectivity index (χ3v) is 7.49. The van der Waals surface area contributed by atoms with Gasteiger partial charge in [0.05, 0.1) is 15.4 Å². The standard InChI is InChI=1S/C28H34N6O2S/c1-18-17-22(37-24(18)26(35)33-28(2,3)4)23-21-11-12-29-25(21)32-27(31-23)30-19-7-9-20(10-8-19)36-16-15-34-13-5-6-14-34/h7-12,17H,5-6,13-16H2,1-4H3,(H,33,35)(H2,29,30,31,32). The molecule has 8 nitrogen and oxygen atoms in total. The molecule has 0 radical (unpaired) electrons. The monoisotopic (exact) mass is 518 g/mol. The molecule has 37 heavy (non-hydrogen) atoms. The molecule has 1 amide bonds. The summed E-state index contributed by atoms with van der Waals surface area (Å²) in [5, 5.41) is 7.29. The van der Waals surface area contributed by atoms with E-state index in [4.69, 9.17) is 9.72 Å². The van der Waals surface area contributed by atoms with Gasteiger partial charge >= 0.3 is 0 Å². The molecule has 5 rings (SSSR count). The fourth-order valence-electron chi connectivity index (χ4n) is 4.47. The van der Waals surface area contributed by atoms with Gasteiger partial charge in [-0.15, -0.1) is 11.3 Å². The maximum absolute atomic E-state index is 12.8. The number of carbonyl (C=O) groups excluding carboxylic acids is 1. The molecule has 1 saturated heterocycles. The number of rotatable bonds is 8. The Labute approximate surface area is 221 Å². The lowest BCUT2D eigenvalue weighted by molar-refractivity contribution is 0.0923. The van der Waals surface area contributed by atoms with Crippen molar-refractivity contribution >= 4 is 39.9 Å². The summed E-state index contributed by atoms with van der Waals surface area (Å²) >= 11 is 1.45. The van der Waals surface area contributed by atoms with Crippen LogP contribution in [-0.4, -0.2) is 57.5 Å². The fraction of sp³-hybridized carbons (Fsp3) is 0.393. The molecule has 0 bridgehead atoms. The first-order chi connectivity index (χ1) is 17.7. The van der Waals surface area contributed by atoms with Crippen molar-refractivity contribution in [2.24, 2.45) is 0 Å². The summed E-state index contributed by atoms with van der Waals surface area (Å²) in [7, 11) is 0. The molecule has 3 N–H and O–H groups in total. The molecule has 0 saturated carbocycles. The normalized spacial score (nSPS) is 14.3. The van der Waals surface area contributed by atoms with Crippen molar-refractivity contribution in [2.75, 3.05) is 31.6 Å². The number of ether oxygens (including phenoxy) is 1. The van der Waals surface area contributed by atoms with E-state index in [1.807, 2.05) is 70.3 Å². The summed E-state index contributed by atoms with van der Waals surface area (Å²) in [6, 6.07) is 11.8. The van der Waals surface area contributed by atoms with Crippen LogP contribution < -0.4 is 15.4 Å². The number of aromatic nitrogens is 3. The van der Waals surface area contributed by atoms with E-state index in [2.05, 4.69) is 25.5 Å². The van der Waals surface area contributed by atoms with Crippen LogP contribution in [0.5, 0.6) is 5.75 Å². The Kier molecular flexibility index (Phi) is 7.17. The highest BCUT2D eigenvalue weighted by atomic mass is 32.1. The number of aryl methyl sites for hydroxylation is 1. The van der Waals surface area contributed by atoms with Crippen LogP contribution >= 0.6 is 11.3 Å². The molecule has 0 atom stereocenters. The highest BCUT2D eigenvalue weighted by molar-refractivity contribution is 7.17. The van der Waals surface area contributed by atoms with Gasteiger partial charge in [-0.05, 0) is 95.6 Å². The Morgan fingerprint density at radius 1 is 1.14 bits per heavy atom. The first kappa shape index (κ1) is 25.2. The Bertz CT molecular complexity index is 1380. The lowest BCUT2D eigenvalue weighted by Crippen LogP contribution is -2.40. The average molecular weight is 519 g/mol. The number of benzene rings is 1. The molecular weight excluding hydrogens is 484 g/mol. The molecule has 1 aliphatic heterocycles. The molecule has 0 aliphatic carbocycles. The number of aromatic amines is 1. The molecule has 0 unspecified atom stereocenters. The van der Waals surface area contributed by atoms with E-state index >= 15 is 0 Å². The van der Waals surface area contributed by atoms with Gasteiger partial charge < -0.3 is 20.4 Å². The first-order valence-electron chi connectivity index (χ1n) is 12.8. The van der Waals surface area contributed by atoms with Crippen molar-refractivity contribution in [2.45, 2.75) is 46.1 Å². The quantitative estimate of drug-likeness (QED) is 0.275. The van der Waals surface area contributed by atoms with Gasteiger partial charge in [0.1, 0.15) is 18.0 Å². The SMILES string of the molecule is Cc1cc(-c2nc(Nc3ccc(OCCN4CCCC4)cc3)nc3[nH]ccc23)sc1C(=O)NC(C)(C)C. The summed E-state index contributed by atoms with van der Waals surface area (Å²) in [6.45, 7) is 11.9. The van der Waals surface area contributed by atoms with Crippen molar-refractivity contribution in [3.8, 4) is 16.3 Å². The van der Waals surface area contributed by atoms with E-state index in [0.717, 1.165) is 45.1 Å². The summed E-state index contributed by atoms with van der Waals surface area (Å²) in [5.41, 5.74) is 3.03. The average Bonchev–Trinajstić information content (AvgIpc) is 3.60. The highest BCUT2D eigenvalue weighted by Crippen LogP contribution is 2.35. The van der Waals surface area contributed by atoms with Crippen LogP contribution in [0.25, 0.3) is 21.6 Å². The van der Waals surface area contributed by atoms with E-state index in [0.29, 0.717) is 17.4 Å². The number of nitrogens with zero attached hydrogens (tertiary/aromatic N) is 3. The van der Waals surface area contributed by atoms with Crippen molar-refractivity contribution in [1.29, 1.82) is 0 Å². The predicted molar refractivity (Wildman–Crippen MR) is 150 cm³/mol. The van der Waals surface area contributed by atoms with Crippen molar-refractivity contribution in [1.82, 2.24) is 25.2 Å². The summed E-state index contributed by atoms with van der Waals surface area (Å²) in [4.78, 5) is 29.6. The minimum absolute atomic E-state index is 0.0679. The van der Waals surface area contributed by atoms with Crippen LogP contribution in [0.4, 0.5) is 11.6 Å². The van der Waals surface area contributed by atoms with Crippen LogP contribution in [0.1, 0.15) is 48.8 Å². The summed E-state index contributed by atoms with van der Waals surface area (Å²) in [6.07, 6.45) is 4.44. The lowest BCUT2D eigenvalue weighted by Gasteiger charge is -2.20. The molecule has 4 aromatic rings. The third-order valence-electron chi connectivity index (χ3n) is 6.25. The second-order valence-corrected chi connectivity index (χ2v) is 11.6. The molecule has 4 heterocycles. The van der Waals surface area contributed by atoms with Gasteiger partial charge in [-0.3, -0.25) is 9.69 Å². The Balaban J connectivity index is 1.33. The summed E-state index contributed by atoms with van der Waals surface area (Å²) in [5.74, 6) is 1.27. The van der Waals surface area contributed by atoms with E-state index in [-0.39, 0.29) is 11.4 Å². The minimum atomic E-state index is -0.304. The zero-order valence-corrected chi connectivity index (χ0v) is 22.7. The van der Waals surface area contributed by atoms with Crippen molar-refractivity contribution in [3.63, 3.8) is 0 Å². The van der Waals surface area contributed by atoms with Crippen LogP contribution in [0, 0.1) is 6.92 Å². The number of H-pyrrole nitrogens is 1. The molecule has 1 fully saturated rings. The second kappa shape index (κ2) is 10.5. The Morgan fingerprint density at radius 2 is 1.89 bits per heavy atom. The van der Waals surface area contributed by atoms with Gasteiger partial charge in [-0.2, -0.15) is 4.98 Å². The zero-order chi connectivity index (χ0) is 26.0. The third kappa shape index (κ3) is 6.11. The van der Waals surface area contributed by atoms with Crippen molar-refractivity contribution in [3.05, 3.63) is 53.0 Å². The van der Waals surface area contributed by atoms with Crippen LogP contribution in [-0.2, 0) is 0 Å². The topological polar surface area (TPSA) is 95.2 Å². The molecule has 1 aromatic carbocycles. The largest absolute Gasteiger partial charge is 0.492 e. The molecule has 1 aliphatic rings. The number of carbonyl (C=O) groups is 1. The molecule has 3 aromatic heterocycles. The molecule has 0 spiro atoms. The van der Waals surface area contributed by atoms with E-state index < -0.39 is 0 Å². The maximum Gasteiger partial charge on any atom is 0.262 e. The van der Waals surface area contributed by atoms with E-state index in [1.165, 1.54) is 37.3 Å².